The first-order valence-electron chi connectivity index (χ1n) is 8.69. The smallest absolute Gasteiger partial charge is 0.243 e. The van der Waals surface area contributed by atoms with E-state index >= 15 is 0 Å². The van der Waals surface area contributed by atoms with Crippen molar-refractivity contribution in [1.82, 2.24) is 0 Å². The molecule has 2 aromatic carbocycles. The first kappa shape index (κ1) is 15.8. The summed E-state index contributed by atoms with van der Waals surface area (Å²) >= 11 is 0. The van der Waals surface area contributed by atoms with Crippen LogP contribution < -0.4 is 4.90 Å². The van der Waals surface area contributed by atoms with Gasteiger partial charge in [0, 0.05) is 17.8 Å². The van der Waals surface area contributed by atoms with E-state index in [0.717, 1.165) is 29.7 Å². The number of para-hydroxylation sites is 1. The maximum atomic E-state index is 13.0. The molecule has 1 unspecified atom stereocenters. The first-order chi connectivity index (χ1) is 12.2. The lowest BCUT2D eigenvalue weighted by Gasteiger charge is -2.37. The van der Waals surface area contributed by atoms with Crippen LogP contribution in [0.4, 0.5) is 5.69 Å². The van der Waals surface area contributed by atoms with Gasteiger partial charge in [0.2, 0.25) is 5.91 Å². The number of carbonyl (C=O) groups is 2. The number of aryl methyl sites for hydroxylation is 1. The topological polar surface area (TPSA) is 49.7 Å². The van der Waals surface area contributed by atoms with E-state index in [4.69, 9.17) is 0 Å². The molecule has 4 nitrogen and oxygen atoms in total. The van der Waals surface area contributed by atoms with Crippen LogP contribution in [0.2, 0.25) is 0 Å². The van der Waals surface area contributed by atoms with Crippen LogP contribution in [-0.4, -0.2) is 23.9 Å². The van der Waals surface area contributed by atoms with Crippen LogP contribution in [0.25, 0.3) is 0 Å². The Morgan fingerprint density at radius 1 is 1.12 bits per heavy atom. The first-order valence-corrected chi connectivity index (χ1v) is 8.69. The lowest BCUT2D eigenvalue weighted by Crippen LogP contribution is -2.49. The summed E-state index contributed by atoms with van der Waals surface area (Å²) in [7, 11) is 0. The van der Waals surface area contributed by atoms with Gasteiger partial charge >= 0.3 is 0 Å². The molecule has 0 spiro atoms. The Balaban J connectivity index is 1.69. The Labute approximate surface area is 147 Å². The summed E-state index contributed by atoms with van der Waals surface area (Å²) in [5.41, 5.74) is 4.26. The van der Waals surface area contributed by atoms with Gasteiger partial charge < -0.3 is 4.90 Å². The third-order valence-corrected chi connectivity index (χ3v) is 5.03. The molecule has 25 heavy (non-hydrogen) atoms. The fourth-order valence-corrected chi connectivity index (χ4v) is 3.75. The van der Waals surface area contributed by atoms with Gasteiger partial charge in [0.15, 0.2) is 5.78 Å². The summed E-state index contributed by atoms with van der Waals surface area (Å²) in [5, 5.41) is 0. The molecule has 1 atom stereocenters. The number of hydrogen-bond acceptors (Lipinski definition) is 3. The van der Waals surface area contributed by atoms with Gasteiger partial charge in [-0.05, 0) is 37.0 Å². The minimum Gasteiger partial charge on any atom is -0.310 e. The van der Waals surface area contributed by atoms with Gasteiger partial charge in [0.05, 0.1) is 12.2 Å². The number of Topliss-reactive ketones (excluding diaryl/α,β-unsaturated/α-hetero) is 1. The maximum absolute atomic E-state index is 13.0. The average Bonchev–Trinajstić information content (AvgIpc) is 2.65. The molecular weight excluding hydrogens is 312 g/mol. The lowest BCUT2D eigenvalue weighted by molar-refractivity contribution is -0.119. The SMILES string of the molecule is CC(=NCc1ccccc1)C1C(=O)c2cccc3c2N(CCC3)C1=O. The van der Waals surface area contributed by atoms with Gasteiger partial charge in [0.25, 0.3) is 0 Å². The van der Waals surface area contributed by atoms with Crippen LogP contribution in [0.5, 0.6) is 0 Å². The number of rotatable bonds is 3. The summed E-state index contributed by atoms with van der Waals surface area (Å²) in [6.07, 6.45) is 1.86. The highest BCUT2D eigenvalue weighted by atomic mass is 16.2. The summed E-state index contributed by atoms with van der Waals surface area (Å²) < 4.78 is 0. The molecule has 4 rings (SSSR count). The van der Waals surface area contributed by atoms with Gasteiger partial charge in [0.1, 0.15) is 5.92 Å². The van der Waals surface area contributed by atoms with Crippen molar-refractivity contribution in [3.63, 3.8) is 0 Å². The van der Waals surface area contributed by atoms with Gasteiger partial charge in [-0.15, -0.1) is 0 Å². The van der Waals surface area contributed by atoms with Crippen LogP contribution in [-0.2, 0) is 17.8 Å². The van der Waals surface area contributed by atoms with Gasteiger partial charge in [-0.2, -0.15) is 0 Å². The number of anilines is 1. The van der Waals surface area contributed by atoms with Crippen LogP contribution in [0, 0.1) is 5.92 Å². The van der Waals surface area contributed by atoms with E-state index in [1.54, 1.807) is 11.8 Å². The van der Waals surface area contributed by atoms with Crippen molar-refractivity contribution in [2.24, 2.45) is 10.9 Å². The zero-order chi connectivity index (χ0) is 17.4. The van der Waals surface area contributed by atoms with Crippen molar-refractivity contribution in [3.05, 3.63) is 65.2 Å². The Hall–Kier alpha value is -2.75. The van der Waals surface area contributed by atoms with Crippen molar-refractivity contribution in [2.75, 3.05) is 11.4 Å². The molecule has 0 radical (unpaired) electrons. The van der Waals surface area contributed by atoms with E-state index in [9.17, 15) is 9.59 Å². The largest absolute Gasteiger partial charge is 0.310 e. The molecule has 1 amide bonds. The second-order valence-electron chi connectivity index (χ2n) is 6.65. The van der Waals surface area contributed by atoms with E-state index < -0.39 is 5.92 Å². The second-order valence-corrected chi connectivity index (χ2v) is 6.65. The average molecular weight is 332 g/mol. The molecule has 0 saturated heterocycles. The minimum atomic E-state index is -0.787. The predicted molar refractivity (Wildman–Crippen MR) is 98.2 cm³/mol. The highest BCUT2D eigenvalue weighted by Crippen LogP contribution is 2.37. The van der Waals surface area contributed by atoms with Crippen LogP contribution in [0.1, 0.15) is 34.8 Å². The Bertz CT molecular complexity index is 871. The molecule has 0 N–H and O–H groups in total. The van der Waals surface area contributed by atoms with Crippen molar-refractivity contribution < 1.29 is 9.59 Å². The predicted octanol–water partition coefficient (Wildman–Crippen LogP) is 3.44. The quantitative estimate of drug-likeness (QED) is 0.638. The Kier molecular flexibility index (Phi) is 3.96. The van der Waals surface area contributed by atoms with Gasteiger partial charge in [-0.1, -0.05) is 42.5 Å². The molecule has 126 valence electrons. The van der Waals surface area contributed by atoms with E-state index in [1.165, 1.54) is 0 Å². The zero-order valence-corrected chi connectivity index (χ0v) is 14.2. The van der Waals surface area contributed by atoms with Gasteiger partial charge in [-0.25, -0.2) is 0 Å². The molecular formula is C21H20N2O2. The fraction of sp³-hybridized carbons (Fsp3) is 0.286. The normalized spacial score (nSPS) is 19.8. The van der Waals surface area contributed by atoms with Crippen molar-refractivity contribution in [1.29, 1.82) is 0 Å². The molecule has 0 saturated carbocycles. The van der Waals surface area contributed by atoms with E-state index in [-0.39, 0.29) is 11.7 Å². The number of carbonyl (C=O) groups excluding carboxylic acids is 2. The fourth-order valence-electron chi connectivity index (χ4n) is 3.75. The van der Waals surface area contributed by atoms with Gasteiger partial charge in [-0.3, -0.25) is 14.6 Å². The second kappa shape index (κ2) is 6.28. The summed E-state index contributed by atoms with van der Waals surface area (Å²) in [6, 6.07) is 15.6. The highest BCUT2D eigenvalue weighted by molar-refractivity contribution is 6.32. The third kappa shape index (κ3) is 2.68. The van der Waals surface area contributed by atoms with Crippen molar-refractivity contribution in [3.8, 4) is 0 Å². The van der Waals surface area contributed by atoms with Crippen molar-refractivity contribution >= 4 is 23.1 Å². The lowest BCUT2D eigenvalue weighted by atomic mass is 9.83. The maximum Gasteiger partial charge on any atom is 0.243 e. The molecule has 0 fully saturated rings. The number of aliphatic imine (C=N–C) groups is 1. The zero-order valence-electron chi connectivity index (χ0n) is 14.2. The summed E-state index contributed by atoms with van der Waals surface area (Å²) in [6.45, 7) is 2.96. The summed E-state index contributed by atoms with van der Waals surface area (Å²) in [4.78, 5) is 32.3. The summed E-state index contributed by atoms with van der Waals surface area (Å²) in [5.74, 6) is -1.03. The van der Waals surface area contributed by atoms with Crippen LogP contribution in [0.15, 0.2) is 53.5 Å². The van der Waals surface area contributed by atoms with E-state index in [2.05, 4.69) is 4.99 Å². The molecule has 2 heterocycles. The molecule has 2 aromatic rings. The molecule has 0 aliphatic carbocycles. The molecule has 0 aromatic heterocycles. The third-order valence-electron chi connectivity index (χ3n) is 5.03. The molecule has 2 aliphatic rings. The van der Waals surface area contributed by atoms with E-state index in [0.29, 0.717) is 24.4 Å². The highest BCUT2D eigenvalue weighted by Gasteiger charge is 2.42. The molecule has 2 aliphatic heterocycles. The number of benzene rings is 2. The van der Waals surface area contributed by atoms with E-state index in [1.807, 2.05) is 48.5 Å². The number of amides is 1. The standard InChI is InChI=1S/C21H20N2O2/c1-14(22-13-15-7-3-2-4-8-15)18-20(24)17-11-5-9-16-10-6-12-23(19(16)17)21(18)25/h2-5,7-9,11,18H,6,10,12-13H2,1H3. The number of ketones is 1. The van der Waals surface area contributed by atoms with Crippen molar-refractivity contribution in [2.45, 2.75) is 26.3 Å². The monoisotopic (exact) mass is 332 g/mol. The van der Waals surface area contributed by atoms with Crippen LogP contribution in [0.3, 0.4) is 0 Å². The Morgan fingerprint density at radius 2 is 1.92 bits per heavy atom. The Morgan fingerprint density at radius 3 is 2.72 bits per heavy atom. The minimum absolute atomic E-state index is 0.116. The van der Waals surface area contributed by atoms with Crippen LogP contribution >= 0.6 is 0 Å². The molecule has 0 bridgehead atoms. The number of hydrogen-bond donors (Lipinski definition) is 0. The number of nitrogens with zero attached hydrogens (tertiary/aromatic N) is 2. The molecule has 4 heteroatoms.